The molecule has 0 N–H and O–H groups in total. The van der Waals surface area contributed by atoms with E-state index in [1.54, 1.807) is 0 Å². The van der Waals surface area contributed by atoms with Crippen LogP contribution >= 0.6 is 63.7 Å². The zero-order valence-electron chi connectivity index (χ0n) is 24.1. The minimum atomic E-state index is 1.04. The molecule has 0 bridgehead atoms. The Kier molecular flexibility index (Phi) is 9.43. The van der Waals surface area contributed by atoms with Crippen molar-refractivity contribution in [2.45, 2.75) is 13.8 Å². The second-order valence-corrected chi connectivity index (χ2v) is 14.2. The van der Waals surface area contributed by atoms with Crippen molar-refractivity contribution in [3.8, 4) is 11.1 Å². The maximum absolute atomic E-state index is 3.79. The van der Waals surface area contributed by atoms with Crippen LogP contribution in [-0.2, 0) is 0 Å². The Labute approximate surface area is 292 Å². The van der Waals surface area contributed by atoms with Gasteiger partial charge in [0.1, 0.15) is 0 Å². The first kappa shape index (κ1) is 30.8. The number of rotatable bonds is 7. The summed E-state index contributed by atoms with van der Waals surface area (Å²) in [5.41, 5.74) is 11.3. The average molecular weight is 832 g/mol. The summed E-state index contributed by atoms with van der Waals surface area (Å²) in [5, 5.41) is 0. The molecule has 0 aromatic heterocycles. The predicted octanol–water partition coefficient (Wildman–Crippen LogP) is 14.0. The van der Waals surface area contributed by atoms with Crippen LogP contribution in [0, 0.1) is 13.8 Å². The van der Waals surface area contributed by atoms with E-state index in [1.807, 2.05) is 0 Å². The van der Waals surface area contributed by atoms with Crippen LogP contribution in [0.5, 0.6) is 0 Å². The van der Waals surface area contributed by atoms with Crippen LogP contribution in [0.4, 0.5) is 34.1 Å². The van der Waals surface area contributed by atoms with Crippen LogP contribution < -0.4 is 9.80 Å². The molecule has 6 rings (SSSR count). The maximum atomic E-state index is 3.79. The predicted molar refractivity (Wildman–Crippen MR) is 202 cm³/mol. The molecule has 0 radical (unpaired) electrons. The smallest absolute Gasteiger partial charge is 0.0606 e. The van der Waals surface area contributed by atoms with Gasteiger partial charge in [-0.3, -0.25) is 0 Å². The van der Waals surface area contributed by atoms with E-state index >= 15 is 0 Å². The first-order valence-corrected chi connectivity index (χ1v) is 17.3. The number of anilines is 6. The molecule has 0 aliphatic rings. The van der Waals surface area contributed by atoms with Crippen molar-refractivity contribution < 1.29 is 0 Å². The molecule has 6 aromatic carbocycles. The van der Waals surface area contributed by atoms with E-state index in [9.17, 15) is 0 Å². The van der Waals surface area contributed by atoms with E-state index in [1.165, 1.54) is 11.1 Å². The molecule has 0 atom stereocenters. The third-order valence-corrected chi connectivity index (χ3v) is 9.84. The fraction of sp³-hybridized carbons (Fsp3) is 0.0526. The quantitative estimate of drug-likeness (QED) is 0.158. The SMILES string of the molecule is Cc1ccc(Br)c(N(c2ccc(Br)cc2)c2ccc(-c3ccc(N(c4ccc(Br)cc4)c4cc(C)ccc4Br)cc3)cc2)c1. The molecule has 44 heavy (non-hydrogen) atoms. The lowest BCUT2D eigenvalue weighted by atomic mass is 10.0. The maximum Gasteiger partial charge on any atom is 0.0606 e. The molecule has 0 spiro atoms. The fourth-order valence-corrected chi connectivity index (χ4v) is 6.61. The fourth-order valence-electron chi connectivity index (χ4n) is 5.23. The third-order valence-electron chi connectivity index (χ3n) is 7.44. The molecular weight excluding hydrogens is 804 g/mol. The summed E-state index contributed by atoms with van der Waals surface area (Å²) in [6.45, 7) is 4.25. The highest BCUT2D eigenvalue weighted by Crippen LogP contribution is 2.42. The third kappa shape index (κ3) is 6.74. The Morgan fingerprint density at radius 3 is 0.977 bits per heavy atom. The largest absolute Gasteiger partial charge is 0.309 e. The first-order valence-electron chi connectivity index (χ1n) is 14.1. The molecule has 0 heterocycles. The van der Waals surface area contributed by atoms with Crippen molar-refractivity contribution in [2.75, 3.05) is 9.80 Å². The van der Waals surface area contributed by atoms with Gasteiger partial charge in [0.05, 0.1) is 11.4 Å². The Hall–Kier alpha value is -3.16. The second kappa shape index (κ2) is 13.5. The monoisotopic (exact) mass is 828 g/mol. The number of hydrogen-bond donors (Lipinski definition) is 0. The average Bonchev–Trinajstić information content (AvgIpc) is 3.03. The van der Waals surface area contributed by atoms with E-state index in [0.717, 1.165) is 63.1 Å². The van der Waals surface area contributed by atoms with Crippen LogP contribution in [0.3, 0.4) is 0 Å². The van der Waals surface area contributed by atoms with Gasteiger partial charge in [0.15, 0.2) is 0 Å². The highest BCUT2D eigenvalue weighted by Gasteiger charge is 2.18. The summed E-state index contributed by atoms with van der Waals surface area (Å²) >= 11 is 14.8. The second-order valence-electron chi connectivity index (χ2n) is 10.6. The van der Waals surface area contributed by atoms with Crippen molar-refractivity contribution in [1.29, 1.82) is 0 Å². The normalized spacial score (nSPS) is 11.0. The highest BCUT2D eigenvalue weighted by molar-refractivity contribution is 9.11. The number of halogens is 4. The standard InChI is InChI=1S/C38H28Br4N2/c1-25-3-21-35(41)37(23-25)43(33-17-9-29(39)10-18-33)31-13-5-27(6-14-31)28-7-15-32(16-8-28)44(34-19-11-30(40)12-20-34)38-24-26(2)4-22-36(38)42/h3-24H,1-2H3. The summed E-state index contributed by atoms with van der Waals surface area (Å²) in [6.07, 6.45) is 0. The van der Waals surface area contributed by atoms with Crippen molar-refractivity contribution in [2.24, 2.45) is 0 Å². The van der Waals surface area contributed by atoms with Gasteiger partial charge in [0.2, 0.25) is 0 Å². The van der Waals surface area contributed by atoms with Gasteiger partial charge in [-0.1, -0.05) is 68.3 Å². The molecule has 0 saturated carbocycles. The lowest BCUT2D eigenvalue weighted by Crippen LogP contribution is -2.11. The molecule has 0 saturated heterocycles. The van der Waals surface area contributed by atoms with Gasteiger partial charge >= 0.3 is 0 Å². The summed E-state index contributed by atoms with van der Waals surface area (Å²) in [5.74, 6) is 0. The first-order chi connectivity index (χ1) is 21.3. The number of nitrogens with zero attached hydrogens (tertiary/aromatic N) is 2. The van der Waals surface area contributed by atoms with Gasteiger partial charge in [-0.25, -0.2) is 0 Å². The summed E-state index contributed by atoms with van der Waals surface area (Å²) in [7, 11) is 0. The number of aryl methyl sites for hydroxylation is 2. The summed E-state index contributed by atoms with van der Waals surface area (Å²) in [4.78, 5) is 4.57. The van der Waals surface area contributed by atoms with Crippen molar-refractivity contribution in [3.63, 3.8) is 0 Å². The van der Waals surface area contributed by atoms with Crippen LogP contribution in [0.2, 0.25) is 0 Å². The van der Waals surface area contributed by atoms with Crippen LogP contribution in [0.1, 0.15) is 11.1 Å². The molecule has 0 unspecified atom stereocenters. The van der Waals surface area contributed by atoms with E-state index in [4.69, 9.17) is 0 Å². The van der Waals surface area contributed by atoms with Gasteiger partial charge < -0.3 is 9.80 Å². The molecule has 6 aromatic rings. The van der Waals surface area contributed by atoms with Gasteiger partial charge in [-0.05, 0) is 165 Å². The van der Waals surface area contributed by atoms with E-state index < -0.39 is 0 Å². The Morgan fingerprint density at radius 1 is 0.364 bits per heavy atom. The van der Waals surface area contributed by atoms with Gasteiger partial charge in [-0.15, -0.1) is 0 Å². The zero-order chi connectivity index (χ0) is 30.8. The number of hydrogen-bond acceptors (Lipinski definition) is 2. The van der Waals surface area contributed by atoms with Crippen molar-refractivity contribution in [3.05, 3.63) is 162 Å². The van der Waals surface area contributed by atoms with Crippen LogP contribution in [-0.4, -0.2) is 0 Å². The molecule has 6 heteroatoms. The Balaban J connectivity index is 1.35. The topological polar surface area (TPSA) is 6.48 Å². The molecule has 0 fully saturated rings. The van der Waals surface area contributed by atoms with E-state index in [-0.39, 0.29) is 0 Å². The lowest BCUT2D eigenvalue weighted by Gasteiger charge is -2.27. The number of benzene rings is 6. The molecule has 0 aliphatic carbocycles. The van der Waals surface area contributed by atoms with Gasteiger partial charge in [0.25, 0.3) is 0 Å². The van der Waals surface area contributed by atoms with E-state index in [0.29, 0.717) is 0 Å². The van der Waals surface area contributed by atoms with Crippen LogP contribution in [0.15, 0.2) is 151 Å². The lowest BCUT2D eigenvalue weighted by molar-refractivity contribution is 1.25. The minimum absolute atomic E-state index is 1.04. The molecule has 218 valence electrons. The van der Waals surface area contributed by atoms with E-state index in [2.05, 4.69) is 221 Å². The van der Waals surface area contributed by atoms with Gasteiger partial charge in [-0.2, -0.15) is 0 Å². The Morgan fingerprint density at radius 2 is 0.659 bits per heavy atom. The summed E-state index contributed by atoms with van der Waals surface area (Å²) in [6, 6.07) is 47.3. The Bertz CT molecular complexity index is 1760. The van der Waals surface area contributed by atoms with Crippen molar-refractivity contribution in [1.82, 2.24) is 0 Å². The summed E-state index contributed by atoms with van der Waals surface area (Å²) < 4.78 is 4.19. The zero-order valence-corrected chi connectivity index (χ0v) is 30.5. The van der Waals surface area contributed by atoms with Crippen LogP contribution in [0.25, 0.3) is 11.1 Å². The molecule has 0 aliphatic heterocycles. The molecular formula is C38H28Br4N2. The van der Waals surface area contributed by atoms with Gasteiger partial charge in [0, 0.05) is 40.6 Å². The molecule has 2 nitrogen and oxygen atoms in total. The van der Waals surface area contributed by atoms with Crippen molar-refractivity contribution >= 4 is 97.8 Å². The highest BCUT2D eigenvalue weighted by atomic mass is 79.9. The molecule has 0 amide bonds. The minimum Gasteiger partial charge on any atom is -0.309 e.